The van der Waals surface area contributed by atoms with E-state index < -0.39 is 5.60 Å². The Morgan fingerprint density at radius 2 is 1.38 bits per heavy atom. The first-order chi connectivity index (χ1) is 10.1. The van der Waals surface area contributed by atoms with E-state index >= 15 is 0 Å². The molecule has 2 aromatic rings. The molecule has 2 aromatic carbocycles. The molecule has 0 heterocycles. The molecule has 4 heteroatoms. The summed E-state index contributed by atoms with van der Waals surface area (Å²) in [5, 5.41) is 15.6. The van der Waals surface area contributed by atoms with Crippen molar-refractivity contribution in [2.45, 2.75) is 5.60 Å². The second-order valence-electron chi connectivity index (χ2n) is 4.79. The first kappa shape index (κ1) is 16.1. The van der Waals surface area contributed by atoms with E-state index in [0.29, 0.717) is 23.1 Å². The highest BCUT2D eigenvalue weighted by Crippen LogP contribution is 2.30. The summed E-state index contributed by atoms with van der Waals surface area (Å²) in [6.45, 7) is 4.65. The Hall–Kier alpha value is -1.32. The van der Waals surface area contributed by atoms with Crippen LogP contribution in [0, 0.1) is 0 Å². The van der Waals surface area contributed by atoms with Crippen molar-refractivity contribution in [2.24, 2.45) is 0 Å². The van der Waals surface area contributed by atoms with E-state index in [1.807, 2.05) is 24.3 Å². The van der Waals surface area contributed by atoms with Gasteiger partial charge in [0.1, 0.15) is 5.60 Å². The normalized spacial score (nSPS) is 11.4. The van der Waals surface area contributed by atoms with Crippen LogP contribution in [0.5, 0.6) is 0 Å². The van der Waals surface area contributed by atoms with Gasteiger partial charge < -0.3 is 10.4 Å². The zero-order chi connectivity index (χ0) is 15.3. The van der Waals surface area contributed by atoms with Gasteiger partial charge in [-0.05, 0) is 35.4 Å². The van der Waals surface area contributed by atoms with E-state index in [2.05, 4.69) is 11.9 Å². The van der Waals surface area contributed by atoms with Gasteiger partial charge in [-0.3, -0.25) is 0 Å². The van der Waals surface area contributed by atoms with Crippen LogP contribution in [-0.4, -0.2) is 18.2 Å². The lowest BCUT2D eigenvalue weighted by molar-refractivity contribution is 0.0811. The first-order valence-electron chi connectivity index (χ1n) is 6.62. The third-order valence-corrected chi connectivity index (χ3v) is 3.82. The summed E-state index contributed by atoms with van der Waals surface area (Å²) in [4.78, 5) is 0. The maximum absolute atomic E-state index is 11.2. The number of aliphatic hydroxyl groups is 1. The third-order valence-electron chi connectivity index (χ3n) is 3.31. The maximum atomic E-state index is 11.2. The zero-order valence-electron chi connectivity index (χ0n) is 11.5. The molecule has 2 rings (SSSR count). The minimum absolute atomic E-state index is 0.363. The Morgan fingerprint density at radius 3 is 1.76 bits per heavy atom. The van der Waals surface area contributed by atoms with Gasteiger partial charge >= 0.3 is 0 Å². The molecule has 0 aliphatic heterocycles. The van der Waals surface area contributed by atoms with E-state index in [1.54, 1.807) is 30.3 Å². The summed E-state index contributed by atoms with van der Waals surface area (Å²) in [6, 6.07) is 14.4. The van der Waals surface area contributed by atoms with Gasteiger partial charge in [0.2, 0.25) is 0 Å². The van der Waals surface area contributed by atoms with E-state index in [4.69, 9.17) is 23.2 Å². The quantitative estimate of drug-likeness (QED) is 0.622. The van der Waals surface area contributed by atoms with Gasteiger partial charge in [0, 0.05) is 23.1 Å². The van der Waals surface area contributed by atoms with Gasteiger partial charge in [-0.25, -0.2) is 0 Å². The van der Waals surface area contributed by atoms with Crippen molar-refractivity contribution >= 4 is 23.2 Å². The van der Waals surface area contributed by atoms with Crippen LogP contribution in [0.3, 0.4) is 0 Å². The Kier molecular flexibility index (Phi) is 5.43. The van der Waals surface area contributed by atoms with Crippen LogP contribution in [0.25, 0.3) is 0 Å². The minimum Gasteiger partial charge on any atom is -0.379 e. The van der Waals surface area contributed by atoms with Crippen LogP contribution in [0.1, 0.15) is 11.1 Å². The summed E-state index contributed by atoms with van der Waals surface area (Å²) in [7, 11) is 0. The third kappa shape index (κ3) is 3.86. The fourth-order valence-corrected chi connectivity index (χ4v) is 2.43. The second-order valence-corrected chi connectivity index (χ2v) is 5.67. The summed E-state index contributed by atoms with van der Waals surface area (Å²) in [5.74, 6) is 0. The van der Waals surface area contributed by atoms with E-state index in [9.17, 15) is 5.11 Å². The molecule has 0 aliphatic carbocycles. The monoisotopic (exact) mass is 321 g/mol. The Labute approximate surface area is 135 Å². The van der Waals surface area contributed by atoms with Crippen LogP contribution in [-0.2, 0) is 5.60 Å². The number of hydrogen-bond donors (Lipinski definition) is 2. The SMILES string of the molecule is C=CCNCC(O)(c1ccc(Cl)cc1)c1ccc(Cl)cc1. The lowest BCUT2D eigenvalue weighted by atomic mass is 9.86. The van der Waals surface area contributed by atoms with Crippen LogP contribution < -0.4 is 5.32 Å². The molecule has 0 unspecified atom stereocenters. The average Bonchev–Trinajstić information content (AvgIpc) is 2.48. The second kappa shape index (κ2) is 7.10. The lowest BCUT2D eigenvalue weighted by Gasteiger charge is -2.30. The van der Waals surface area contributed by atoms with Gasteiger partial charge in [0.25, 0.3) is 0 Å². The topological polar surface area (TPSA) is 32.3 Å². The van der Waals surface area contributed by atoms with E-state index in [0.717, 1.165) is 11.1 Å². The number of rotatable bonds is 6. The van der Waals surface area contributed by atoms with Crippen LogP contribution in [0.2, 0.25) is 10.0 Å². The highest BCUT2D eigenvalue weighted by molar-refractivity contribution is 6.30. The molecule has 0 spiro atoms. The summed E-state index contributed by atoms with van der Waals surface area (Å²) in [5.41, 5.74) is 0.384. The van der Waals surface area contributed by atoms with Gasteiger partial charge in [-0.1, -0.05) is 53.5 Å². The molecule has 0 aromatic heterocycles. The van der Waals surface area contributed by atoms with Crippen LogP contribution in [0.4, 0.5) is 0 Å². The minimum atomic E-state index is -1.15. The molecule has 0 radical (unpaired) electrons. The number of benzene rings is 2. The van der Waals surface area contributed by atoms with Crippen molar-refractivity contribution in [2.75, 3.05) is 13.1 Å². The predicted molar refractivity (Wildman–Crippen MR) is 89.0 cm³/mol. The zero-order valence-corrected chi connectivity index (χ0v) is 13.0. The maximum Gasteiger partial charge on any atom is 0.127 e. The number of hydrogen-bond acceptors (Lipinski definition) is 2. The molecule has 0 amide bonds. The number of nitrogens with one attached hydrogen (secondary N) is 1. The van der Waals surface area contributed by atoms with Crippen LogP contribution >= 0.6 is 23.2 Å². The highest BCUT2D eigenvalue weighted by atomic mass is 35.5. The molecule has 2 nitrogen and oxygen atoms in total. The number of halogens is 2. The van der Waals surface area contributed by atoms with Crippen LogP contribution in [0.15, 0.2) is 61.2 Å². The molecular formula is C17H17Cl2NO. The standard InChI is InChI=1S/C17H17Cl2NO/c1-2-11-20-12-17(21,13-3-7-15(18)8-4-13)14-5-9-16(19)10-6-14/h2-10,20-21H,1,11-12H2. The Bertz CT molecular complexity index is 548. The molecule has 21 heavy (non-hydrogen) atoms. The molecule has 0 bridgehead atoms. The fraction of sp³-hybridized carbons (Fsp3) is 0.176. The highest BCUT2D eigenvalue weighted by Gasteiger charge is 2.31. The van der Waals surface area contributed by atoms with Crippen molar-refractivity contribution in [3.63, 3.8) is 0 Å². The molecule has 2 N–H and O–H groups in total. The first-order valence-corrected chi connectivity index (χ1v) is 7.38. The molecular weight excluding hydrogens is 305 g/mol. The van der Waals surface area contributed by atoms with Gasteiger partial charge in [-0.15, -0.1) is 6.58 Å². The van der Waals surface area contributed by atoms with Gasteiger partial charge in [-0.2, -0.15) is 0 Å². The lowest BCUT2D eigenvalue weighted by Crippen LogP contribution is -2.39. The largest absolute Gasteiger partial charge is 0.379 e. The van der Waals surface area contributed by atoms with Crippen molar-refractivity contribution < 1.29 is 5.11 Å². The molecule has 0 saturated heterocycles. The summed E-state index contributed by atoms with van der Waals surface area (Å²) in [6.07, 6.45) is 1.75. The molecule has 0 aliphatic rings. The van der Waals surface area contributed by atoms with Crippen molar-refractivity contribution in [3.05, 3.63) is 82.4 Å². The fourth-order valence-electron chi connectivity index (χ4n) is 2.18. The average molecular weight is 322 g/mol. The summed E-state index contributed by atoms with van der Waals surface area (Å²) >= 11 is 11.9. The van der Waals surface area contributed by atoms with Crippen molar-refractivity contribution in [1.82, 2.24) is 5.32 Å². The molecule has 0 atom stereocenters. The van der Waals surface area contributed by atoms with E-state index in [-0.39, 0.29) is 0 Å². The Balaban J connectivity index is 2.39. The smallest absolute Gasteiger partial charge is 0.127 e. The summed E-state index contributed by atoms with van der Waals surface area (Å²) < 4.78 is 0. The van der Waals surface area contributed by atoms with Gasteiger partial charge in [0.15, 0.2) is 0 Å². The van der Waals surface area contributed by atoms with Crippen molar-refractivity contribution in [1.29, 1.82) is 0 Å². The Morgan fingerprint density at radius 1 is 0.952 bits per heavy atom. The van der Waals surface area contributed by atoms with Crippen molar-refractivity contribution in [3.8, 4) is 0 Å². The molecule has 110 valence electrons. The molecule has 0 fully saturated rings. The molecule has 0 saturated carbocycles. The van der Waals surface area contributed by atoms with Gasteiger partial charge in [0.05, 0.1) is 0 Å². The predicted octanol–water partition coefficient (Wildman–Crippen LogP) is 4.00. The van der Waals surface area contributed by atoms with E-state index in [1.165, 1.54) is 0 Å².